The van der Waals surface area contributed by atoms with Crippen molar-refractivity contribution in [1.29, 1.82) is 0 Å². The summed E-state index contributed by atoms with van der Waals surface area (Å²) in [6.45, 7) is 8.00. The average Bonchev–Trinajstić information content (AvgIpc) is 2.77. The zero-order chi connectivity index (χ0) is 24.9. The molecule has 180 valence electrons. The molecule has 7 heteroatoms. The summed E-state index contributed by atoms with van der Waals surface area (Å²) >= 11 is 0. The van der Waals surface area contributed by atoms with Crippen LogP contribution in [0.5, 0.6) is 11.5 Å². The molecule has 0 saturated carbocycles. The topological polar surface area (TPSA) is 75.7 Å². The van der Waals surface area contributed by atoms with E-state index in [4.69, 9.17) is 4.74 Å². The van der Waals surface area contributed by atoms with Crippen molar-refractivity contribution >= 4 is 21.6 Å². The van der Waals surface area contributed by atoms with Crippen LogP contribution in [0, 0.1) is 0 Å². The zero-order valence-electron chi connectivity index (χ0n) is 20.3. The third kappa shape index (κ3) is 6.84. The third-order valence-electron chi connectivity index (χ3n) is 5.45. The van der Waals surface area contributed by atoms with Crippen LogP contribution in [0.3, 0.4) is 0 Å². The highest BCUT2D eigenvalue weighted by molar-refractivity contribution is 7.92. The molecule has 3 rings (SSSR count). The smallest absolute Gasteiger partial charge is 0.241 e. The summed E-state index contributed by atoms with van der Waals surface area (Å²) < 4.78 is 31.7. The second-order valence-corrected chi connectivity index (χ2v) is 11.2. The first kappa shape index (κ1) is 25.3. The first-order valence-electron chi connectivity index (χ1n) is 11.1. The quantitative estimate of drug-likeness (QED) is 0.467. The fourth-order valence-corrected chi connectivity index (χ4v) is 4.33. The highest BCUT2D eigenvalue weighted by Crippen LogP contribution is 2.26. The van der Waals surface area contributed by atoms with Crippen LogP contribution in [0.2, 0.25) is 0 Å². The maximum absolute atomic E-state index is 12.7. The number of amides is 1. The molecule has 3 aromatic rings. The Bertz CT molecular complexity index is 1200. The van der Waals surface area contributed by atoms with Crippen molar-refractivity contribution in [2.75, 3.05) is 17.1 Å². The van der Waals surface area contributed by atoms with E-state index in [1.165, 1.54) is 5.56 Å². The van der Waals surface area contributed by atoms with Gasteiger partial charge in [-0.15, -0.1) is 0 Å². The van der Waals surface area contributed by atoms with E-state index in [1.54, 1.807) is 24.3 Å². The van der Waals surface area contributed by atoms with Crippen LogP contribution in [0.15, 0.2) is 78.9 Å². The van der Waals surface area contributed by atoms with Crippen LogP contribution in [-0.4, -0.2) is 27.1 Å². The molecule has 0 aromatic heterocycles. The van der Waals surface area contributed by atoms with Crippen molar-refractivity contribution in [3.05, 3.63) is 90.0 Å². The molecule has 0 spiro atoms. The Morgan fingerprint density at radius 2 is 1.47 bits per heavy atom. The average molecular weight is 481 g/mol. The van der Waals surface area contributed by atoms with Crippen molar-refractivity contribution < 1.29 is 17.9 Å². The second kappa shape index (κ2) is 10.3. The predicted molar refractivity (Wildman–Crippen MR) is 137 cm³/mol. The molecule has 0 heterocycles. The number of rotatable bonds is 8. The molecule has 0 aliphatic rings. The standard InChI is InChI=1S/C27H32N2O4S/c1-20(21-11-13-22(14-12-21)27(2,3)4)28-26(30)19-29(34(5,31)32)23-15-17-25(18-16-23)33-24-9-7-6-8-10-24/h6-18,20H,19H2,1-5H3,(H,28,30)/t20-/m0/s1. The lowest BCUT2D eigenvalue weighted by molar-refractivity contribution is -0.120. The van der Waals surface area contributed by atoms with Crippen LogP contribution in [0.25, 0.3) is 0 Å². The molecule has 6 nitrogen and oxygen atoms in total. The van der Waals surface area contributed by atoms with Gasteiger partial charge in [0, 0.05) is 0 Å². The number of carbonyl (C=O) groups excluding carboxylic acids is 1. The van der Waals surface area contributed by atoms with E-state index >= 15 is 0 Å². The summed E-state index contributed by atoms with van der Waals surface area (Å²) in [7, 11) is -3.68. The van der Waals surface area contributed by atoms with Crippen LogP contribution in [0.4, 0.5) is 5.69 Å². The summed E-state index contributed by atoms with van der Waals surface area (Å²) in [5.74, 6) is 0.863. The second-order valence-electron chi connectivity index (χ2n) is 9.34. The summed E-state index contributed by atoms with van der Waals surface area (Å²) in [5, 5.41) is 2.90. The lowest BCUT2D eigenvalue weighted by Crippen LogP contribution is -2.41. The number of anilines is 1. The maximum atomic E-state index is 12.7. The van der Waals surface area contributed by atoms with E-state index in [0.29, 0.717) is 17.2 Å². The van der Waals surface area contributed by atoms with E-state index in [2.05, 4.69) is 38.2 Å². The Morgan fingerprint density at radius 1 is 0.912 bits per heavy atom. The molecule has 1 amide bonds. The number of nitrogens with zero attached hydrogens (tertiary/aromatic N) is 1. The van der Waals surface area contributed by atoms with Gasteiger partial charge in [0.05, 0.1) is 18.0 Å². The Kier molecular flexibility index (Phi) is 7.67. The highest BCUT2D eigenvalue weighted by Gasteiger charge is 2.22. The maximum Gasteiger partial charge on any atom is 0.241 e. The summed E-state index contributed by atoms with van der Waals surface area (Å²) in [5.41, 5.74) is 2.59. The lowest BCUT2D eigenvalue weighted by atomic mass is 9.86. The van der Waals surface area contributed by atoms with E-state index in [0.717, 1.165) is 16.1 Å². The van der Waals surface area contributed by atoms with Crippen molar-refractivity contribution in [2.24, 2.45) is 0 Å². The molecule has 0 fully saturated rings. The number of para-hydroxylation sites is 1. The Labute approximate surface area is 202 Å². The minimum absolute atomic E-state index is 0.0443. The van der Waals surface area contributed by atoms with Gasteiger partial charge < -0.3 is 10.1 Å². The number of hydrogen-bond acceptors (Lipinski definition) is 4. The van der Waals surface area contributed by atoms with Gasteiger partial charge in [-0.25, -0.2) is 8.42 Å². The zero-order valence-corrected chi connectivity index (χ0v) is 21.1. The molecule has 0 bridgehead atoms. The Balaban J connectivity index is 1.68. The molecule has 0 unspecified atom stereocenters. The van der Waals surface area contributed by atoms with Gasteiger partial charge in [0.1, 0.15) is 18.0 Å². The van der Waals surface area contributed by atoms with Gasteiger partial charge in [-0.3, -0.25) is 9.10 Å². The van der Waals surface area contributed by atoms with E-state index in [9.17, 15) is 13.2 Å². The van der Waals surface area contributed by atoms with E-state index in [1.807, 2.05) is 49.4 Å². The Hall–Kier alpha value is -3.32. The molecule has 1 N–H and O–H groups in total. The molecule has 0 radical (unpaired) electrons. The molecule has 0 aliphatic heterocycles. The molecular formula is C27H32N2O4S. The van der Waals surface area contributed by atoms with Gasteiger partial charge in [0.15, 0.2) is 0 Å². The van der Waals surface area contributed by atoms with Crippen molar-refractivity contribution in [3.63, 3.8) is 0 Å². The van der Waals surface area contributed by atoms with Crippen LogP contribution >= 0.6 is 0 Å². The van der Waals surface area contributed by atoms with Gasteiger partial charge in [-0.1, -0.05) is 63.2 Å². The molecule has 34 heavy (non-hydrogen) atoms. The monoisotopic (exact) mass is 480 g/mol. The largest absolute Gasteiger partial charge is 0.457 e. The number of hydrogen-bond donors (Lipinski definition) is 1. The molecule has 0 aliphatic carbocycles. The number of nitrogens with one attached hydrogen (secondary N) is 1. The number of sulfonamides is 1. The van der Waals surface area contributed by atoms with E-state index < -0.39 is 10.0 Å². The van der Waals surface area contributed by atoms with Gasteiger partial charge >= 0.3 is 0 Å². The highest BCUT2D eigenvalue weighted by atomic mass is 32.2. The Morgan fingerprint density at radius 3 is 2.00 bits per heavy atom. The fourth-order valence-electron chi connectivity index (χ4n) is 3.48. The summed E-state index contributed by atoms with van der Waals surface area (Å²) in [6.07, 6.45) is 1.09. The van der Waals surface area contributed by atoms with Gasteiger partial charge in [0.2, 0.25) is 15.9 Å². The van der Waals surface area contributed by atoms with Crippen LogP contribution in [0.1, 0.15) is 44.9 Å². The molecular weight excluding hydrogens is 448 g/mol. The minimum atomic E-state index is -3.68. The first-order valence-corrected chi connectivity index (χ1v) is 13.0. The van der Waals surface area contributed by atoms with Crippen LogP contribution in [-0.2, 0) is 20.2 Å². The molecule has 3 aromatic carbocycles. The van der Waals surface area contributed by atoms with Crippen molar-refractivity contribution in [1.82, 2.24) is 5.32 Å². The summed E-state index contributed by atoms with van der Waals surface area (Å²) in [4.78, 5) is 12.7. The summed E-state index contributed by atoms with van der Waals surface area (Å²) in [6, 6.07) is 23.7. The van der Waals surface area contributed by atoms with Crippen molar-refractivity contribution in [3.8, 4) is 11.5 Å². The third-order valence-corrected chi connectivity index (χ3v) is 6.59. The molecule has 1 atom stereocenters. The SMILES string of the molecule is C[C@H](NC(=O)CN(c1ccc(Oc2ccccc2)cc1)S(C)(=O)=O)c1ccc(C(C)(C)C)cc1. The first-order chi connectivity index (χ1) is 15.9. The minimum Gasteiger partial charge on any atom is -0.457 e. The van der Waals surface area contributed by atoms with E-state index in [-0.39, 0.29) is 23.9 Å². The van der Waals surface area contributed by atoms with Crippen molar-refractivity contribution in [2.45, 2.75) is 39.2 Å². The van der Waals surface area contributed by atoms with Gasteiger partial charge in [-0.05, 0) is 59.9 Å². The van der Waals surface area contributed by atoms with Gasteiger partial charge in [0.25, 0.3) is 0 Å². The number of carbonyl (C=O) groups is 1. The fraction of sp³-hybridized carbons (Fsp3) is 0.296. The predicted octanol–water partition coefficient (Wildman–Crippen LogP) is 5.42. The normalized spacial score (nSPS) is 12.6. The lowest BCUT2D eigenvalue weighted by Gasteiger charge is -2.24. The van der Waals surface area contributed by atoms with Crippen LogP contribution < -0.4 is 14.4 Å². The number of benzene rings is 3. The molecule has 0 saturated heterocycles. The number of ether oxygens (including phenoxy) is 1. The van der Waals surface area contributed by atoms with Gasteiger partial charge in [-0.2, -0.15) is 0 Å².